The van der Waals surface area contributed by atoms with Crippen molar-refractivity contribution in [1.82, 2.24) is 0 Å². The number of halogens is 2. The SMILES string of the molecule is CC1(C)CC2CC(CBr)CC(CB1Br)C2. The smallest absolute Gasteiger partial charge is 0.156 e. The molecule has 1 saturated carbocycles. The lowest BCUT2D eigenvalue weighted by molar-refractivity contribution is 0.212. The Morgan fingerprint density at radius 1 is 1.20 bits per heavy atom. The van der Waals surface area contributed by atoms with E-state index in [-0.39, 0.29) is 0 Å². The van der Waals surface area contributed by atoms with Crippen molar-refractivity contribution in [3.63, 3.8) is 0 Å². The summed E-state index contributed by atoms with van der Waals surface area (Å²) in [6.07, 6.45) is 7.23. The number of alkyl halides is 1. The summed E-state index contributed by atoms with van der Waals surface area (Å²) >= 11 is 7.60. The molecule has 0 spiro atoms. The maximum Gasteiger partial charge on any atom is 0.228 e. The molecule has 1 aliphatic heterocycles. The molecule has 0 amide bonds. The Morgan fingerprint density at radius 2 is 1.87 bits per heavy atom. The molecule has 3 heteroatoms. The molecule has 1 saturated heterocycles. The minimum atomic E-state index is 0.501. The first kappa shape index (κ1) is 12.5. The molecule has 0 nitrogen and oxygen atoms in total. The highest BCUT2D eigenvalue weighted by atomic mass is 79.9. The van der Waals surface area contributed by atoms with Gasteiger partial charge in [0.15, 0.2) is 0 Å². The van der Waals surface area contributed by atoms with Gasteiger partial charge in [-0.1, -0.05) is 42.5 Å². The van der Waals surface area contributed by atoms with Gasteiger partial charge in [-0.05, 0) is 42.3 Å². The molecular formula is C12H21BBr2. The molecule has 2 aliphatic rings. The van der Waals surface area contributed by atoms with Crippen LogP contribution in [-0.2, 0) is 0 Å². The molecule has 1 heterocycles. The molecule has 0 radical (unpaired) electrons. The Hall–Kier alpha value is 1.02. The summed E-state index contributed by atoms with van der Waals surface area (Å²) < 4.78 is 0. The van der Waals surface area contributed by atoms with E-state index in [1.54, 1.807) is 0 Å². The lowest BCUT2D eigenvalue weighted by atomic mass is 9.50. The molecule has 2 bridgehead atoms. The molecule has 86 valence electrons. The Balaban J connectivity index is 2.11. The normalized spacial score (nSPS) is 40.0. The van der Waals surface area contributed by atoms with Crippen LogP contribution in [-0.4, -0.2) is 10.9 Å². The van der Waals surface area contributed by atoms with E-state index >= 15 is 0 Å². The van der Waals surface area contributed by atoms with Crippen LogP contribution >= 0.6 is 31.7 Å². The van der Waals surface area contributed by atoms with E-state index < -0.39 is 0 Å². The highest BCUT2D eigenvalue weighted by Crippen LogP contribution is 2.52. The van der Waals surface area contributed by atoms with Gasteiger partial charge in [-0.3, -0.25) is 0 Å². The highest BCUT2D eigenvalue weighted by molar-refractivity contribution is 9.24. The number of hydrogen-bond acceptors (Lipinski definition) is 0. The molecule has 3 unspecified atom stereocenters. The van der Waals surface area contributed by atoms with Crippen molar-refractivity contribution >= 4 is 37.2 Å². The van der Waals surface area contributed by atoms with Gasteiger partial charge in [0, 0.05) is 5.33 Å². The molecule has 2 rings (SSSR count). The number of fused-ring (bicyclic) bond motifs is 2. The number of hydrogen-bond donors (Lipinski definition) is 0. The van der Waals surface area contributed by atoms with Crippen molar-refractivity contribution in [3.05, 3.63) is 0 Å². The third-order valence-electron chi connectivity index (χ3n) is 4.42. The molecule has 0 aromatic rings. The van der Waals surface area contributed by atoms with Crippen LogP contribution in [0.25, 0.3) is 0 Å². The van der Waals surface area contributed by atoms with Crippen LogP contribution in [0.15, 0.2) is 0 Å². The second-order valence-corrected chi connectivity index (χ2v) is 8.11. The van der Waals surface area contributed by atoms with Crippen LogP contribution in [0.1, 0.15) is 39.5 Å². The molecule has 0 N–H and O–H groups in total. The summed E-state index contributed by atoms with van der Waals surface area (Å²) in [6.45, 7) is 4.88. The first-order valence-electron chi connectivity index (χ1n) is 6.21. The molecule has 2 fully saturated rings. The van der Waals surface area contributed by atoms with Gasteiger partial charge in [0.05, 0.1) is 0 Å². The van der Waals surface area contributed by atoms with E-state index in [1.807, 2.05) is 0 Å². The van der Waals surface area contributed by atoms with Gasteiger partial charge in [0.2, 0.25) is 5.54 Å². The Labute approximate surface area is 111 Å². The number of rotatable bonds is 1. The summed E-state index contributed by atoms with van der Waals surface area (Å²) in [6, 6.07) is 0. The quantitative estimate of drug-likeness (QED) is 0.468. The second kappa shape index (κ2) is 4.72. The van der Waals surface area contributed by atoms with E-state index in [0.29, 0.717) is 5.31 Å². The lowest BCUT2D eigenvalue weighted by Crippen LogP contribution is -2.22. The molecule has 3 atom stereocenters. The maximum absolute atomic E-state index is 3.93. The molecule has 15 heavy (non-hydrogen) atoms. The topological polar surface area (TPSA) is 0 Å². The van der Waals surface area contributed by atoms with Crippen molar-refractivity contribution in [1.29, 1.82) is 0 Å². The third-order valence-corrected chi connectivity index (χ3v) is 6.95. The minimum absolute atomic E-state index is 0.501. The molecule has 1 aliphatic carbocycles. The van der Waals surface area contributed by atoms with Crippen LogP contribution in [0.5, 0.6) is 0 Å². The lowest BCUT2D eigenvalue weighted by Gasteiger charge is -2.33. The van der Waals surface area contributed by atoms with Crippen molar-refractivity contribution < 1.29 is 0 Å². The Kier molecular flexibility index (Phi) is 3.93. The third kappa shape index (κ3) is 2.83. The van der Waals surface area contributed by atoms with Crippen LogP contribution < -0.4 is 0 Å². The van der Waals surface area contributed by atoms with Crippen molar-refractivity contribution in [3.8, 4) is 0 Å². The predicted octanol–water partition coefficient (Wildman–Crippen LogP) is 4.98. The summed E-state index contributed by atoms with van der Waals surface area (Å²) in [7, 11) is 0. The largest absolute Gasteiger partial charge is 0.228 e. The second-order valence-electron chi connectivity index (χ2n) is 6.36. The Morgan fingerprint density at radius 3 is 2.53 bits per heavy atom. The standard InChI is InChI=1S/C12H21BBr2/c1-12(2)6-9-3-10(7-13(12)15)5-11(4-9)8-14/h9-11H,3-8H2,1-2H3. The first-order valence-corrected chi connectivity index (χ1v) is 8.25. The van der Waals surface area contributed by atoms with Gasteiger partial charge in [-0.2, -0.15) is 15.8 Å². The summed E-state index contributed by atoms with van der Waals surface area (Å²) in [5.74, 6) is 2.92. The van der Waals surface area contributed by atoms with E-state index in [4.69, 9.17) is 0 Å². The Bertz CT molecular complexity index is 228. The first-order chi connectivity index (χ1) is 7.01. The van der Waals surface area contributed by atoms with Crippen molar-refractivity contribution in [2.75, 3.05) is 5.33 Å². The predicted molar refractivity (Wildman–Crippen MR) is 76.3 cm³/mol. The average Bonchev–Trinajstić information content (AvgIpc) is 2.22. The van der Waals surface area contributed by atoms with E-state index in [1.165, 1.54) is 37.3 Å². The average molecular weight is 336 g/mol. The fraction of sp³-hybridized carbons (Fsp3) is 1.00. The van der Waals surface area contributed by atoms with Gasteiger partial charge in [0.25, 0.3) is 0 Å². The molecular weight excluding hydrogens is 315 g/mol. The minimum Gasteiger partial charge on any atom is -0.156 e. The van der Waals surface area contributed by atoms with Crippen LogP contribution in [0.3, 0.4) is 0 Å². The van der Waals surface area contributed by atoms with E-state index in [2.05, 4.69) is 45.5 Å². The van der Waals surface area contributed by atoms with Gasteiger partial charge in [-0.15, -0.1) is 0 Å². The zero-order chi connectivity index (χ0) is 11.1. The zero-order valence-corrected chi connectivity index (χ0v) is 13.0. The van der Waals surface area contributed by atoms with Gasteiger partial charge >= 0.3 is 0 Å². The van der Waals surface area contributed by atoms with E-state index in [0.717, 1.165) is 23.3 Å². The summed E-state index contributed by atoms with van der Waals surface area (Å²) in [5.41, 5.74) is 0.731. The maximum atomic E-state index is 3.93. The molecule has 0 aromatic heterocycles. The fourth-order valence-electron chi connectivity index (χ4n) is 3.67. The van der Waals surface area contributed by atoms with Crippen molar-refractivity contribution in [2.24, 2.45) is 17.8 Å². The van der Waals surface area contributed by atoms with Crippen LogP contribution in [0.4, 0.5) is 0 Å². The fourth-order valence-corrected chi connectivity index (χ4v) is 4.92. The monoisotopic (exact) mass is 334 g/mol. The van der Waals surface area contributed by atoms with Gasteiger partial charge in [0.1, 0.15) is 0 Å². The highest BCUT2D eigenvalue weighted by Gasteiger charge is 2.42. The molecule has 0 aromatic carbocycles. The zero-order valence-electron chi connectivity index (χ0n) is 9.81. The van der Waals surface area contributed by atoms with Gasteiger partial charge < -0.3 is 0 Å². The van der Waals surface area contributed by atoms with Crippen LogP contribution in [0, 0.1) is 17.8 Å². The van der Waals surface area contributed by atoms with E-state index in [9.17, 15) is 0 Å². The van der Waals surface area contributed by atoms with Gasteiger partial charge in [-0.25, -0.2) is 0 Å². The van der Waals surface area contributed by atoms with Crippen LogP contribution in [0.2, 0.25) is 11.6 Å². The summed E-state index contributed by atoms with van der Waals surface area (Å²) in [4.78, 5) is 0. The van der Waals surface area contributed by atoms with Crippen molar-refractivity contribution in [2.45, 2.75) is 51.2 Å². The summed E-state index contributed by atoms with van der Waals surface area (Å²) in [5, 5.41) is 1.72.